The van der Waals surface area contributed by atoms with Crippen LogP contribution in [-0.4, -0.2) is 55.8 Å². The Balaban J connectivity index is 0.00000225. The van der Waals surface area contributed by atoms with Gasteiger partial charge in [0.1, 0.15) is 12.4 Å². The highest BCUT2D eigenvalue weighted by atomic mass is 127. The van der Waals surface area contributed by atoms with Crippen molar-refractivity contribution in [3.8, 4) is 0 Å². The number of rotatable bonds is 3. The van der Waals surface area contributed by atoms with Gasteiger partial charge in [0, 0.05) is 43.1 Å². The molecule has 3 heterocycles. The molecule has 6 nitrogen and oxygen atoms in total. The molecule has 0 bridgehead atoms. The minimum atomic E-state index is 0. The lowest BCUT2D eigenvalue weighted by molar-refractivity contribution is 0.375. The number of aromatic nitrogens is 3. The monoisotopic (exact) mass is 478 g/mol. The molecule has 0 unspecified atom stereocenters. The van der Waals surface area contributed by atoms with Crippen LogP contribution in [0.1, 0.15) is 51.7 Å². The molecule has 0 spiro atoms. The van der Waals surface area contributed by atoms with Crippen LogP contribution >= 0.6 is 35.7 Å². The van der Waals surface area contributed by atoms with Crippen LogP contribution in [0.2, 0.25) is 0 Å². The van der Waals surface area contributed by atoms with Crippen LogP contribution in [0.25, 0.3) is 0 Å². The van der Waals surface area contributed by atoms with Gasteiger partial charge in [0.25, 0.3) is 0 Å². The van der Waals surface area contributed by atoms with Gasteiger partial charge < -0.3 is 14.8 Å². The van der Waals surface area contributed by atoms with Gasteiger partial charge in [-0.15, -0.1) is 34.2 Å². The van der Waals surface area contributed by atoms with Crippen molar-refractivity contribution >= 4 is 41.7 Å². The van der Waals surface area contributed by atoms with E-state index in [1.165, 1.54) is 19.3 Å². The zero-order valence-corrected chi connectivity index (χ0v) is 18.8. The Morgan fingerprint density at radius 2 is 2.08 bits per heavy atom. The molecule has 1 aromatic rings. The standard InChI is InChI=1S/C17H30N6S.HI/c1-4-18-16(22-10-11-24-17(2,3)13-22)19-12-15-21-20-14-8-6-5-7-9-23(14)15;/h4-13H2,1-3H3,(H,18,19);1H. The van der Waals surface area contributed by atoms with E-state index >= 15 is 0 Å². The summed E-state index contributed by atoms with van der Waals surface area (Å²) in [6.45, 7) is 11.4. The number of aryl methyl sites for hydroxylation is 1. The van der Waals surface area contributed by atoms with Crippen molar-refractivity contribution in [1.82, 2.24) is 25.0 Å². The van der Waals surface area contributed by atoms with Crippen molar-refractivity contribution in [2.45, 2.75) is 64.3 Å². The predicted molar refractivity (Wildman–Crippen MR) is 116 cm³/mol. The summed E-state index contributed by atoms with van der Waals surface area (Å²) >= 11 is 2.05. The fourth-order valence-electron chi connectivity index (χ4n) is 3.43. The Kier molecular flexibility index (Phi) is 7.85. The molecule has 3 rings (SSSR count). The van der Waals surface area contributed by atoms with Crippen LogP contribution in [0, 0.1) is 0 Å². The zero-order chi connectivity index (χ0) is 17.0. The van der Waals surface area contributed by atoms with E-state index in [-0.39, 0.29) is 28.7 Å². The first-order chi connectivity index (χ1) is 11.6. The van der Waals surface area contributed by atoms with Gasteiger partial charge in [0.05, 0.1) is 0 Å². The van der Waals surface area contributed by atoms with E-state index < -0.39 is 0 Å². The molecule has 0 aromatic carbocycles. The second-order valence-corrected chi connectivity index (χ2v) is 9.00. The van der Waals surface area contributed by atoms with E-state index in [9.17, 15) is 0 Å². The molecule has 0 aliphatic carbocycles. The number of hydrogen-bond acceptors (Lipinski definition) is 4. The molecule has 1 N–H and O–H groups in total. The molecule has 1 aromatic heterocycles. The van der Waals surface area contributed by atoms with Gasteiger partial charge in [-0.1, -0.05) is 6.42 Å². The summed E-state index contributed by atoms with van der Waals surface area (Å²) < 4.78 is 2.57. The molecule has 2 aliphatic rings. The van der Waals surface area contributed by atoms with Crippen LogP contribution in [0.5, 0.6) is 0 Å². The lowest BCUT2D eigenvalue weighted by atomic mass is 10.2. The van der Waals surface area contributed by atoms with Gasteiger partial charge in [-0.25, -0.2) is 4.99 Å². The minimum absolute atomic E-state index is 0. The van der Waals surface area contributed by atoms with Crippen LogP contribution in [0.15, 0.2) is 4.99 Å². The first kappa shape index (κ1) is 20.8. The summed E-state index contributed by atoms with van der Waals surface area (Å²) in [5.41, 5.74) is 0. The SMILES string of the molecule is CCNC(=NCc1nnc2n1CCCCC2)N1CCSC(C)(C)C1.I. The average Bonchev–Trinajstić information content (AvgIpc) is 2.77. The minimum Gasteiger partial charge on any atom is -0.357 e. The van der Waals surface area contributed by atoms with Crippen molar-refractivity contribution in [2.75, 3.05) is 25.4 Å². The summed E-state index contributed by atoms with van der Waals surface area (Å²) in [4.78, 5) is 7.27. The second kappa shape index (κ2) is 9.43. The highest BCUT2D eigenvalue weighted by Crippen LogP contribution is 2.29. The number of fused-ring (bicyclic) bond motifs is 1. The van der Waals surface area contributed by atoms with Crippen molar-refractivity contribution in [2.24, 2.45) is 4.99 Å². The molecule has 1 saturated heterocycles. The third kappa shape index (κ3) is 5.48. The van der Waals surface area contributed by atoms with Gasteiger partial charge in [0.2, 0.25) is 0 Å². The number of nitrogens with zero attached hydrogens (tertiary/aromatic N) is 5. The summed E-state index contributed by atoms with van der Waals surface area (Å²) in [5, 5.41) is 12.2. The molecule has 0 radical (unpaired) electrons. The van der Waals surface area contributed by atoms with E-state index in [1.54, 1.807) is 0 Å². The maximum absolute atomic E-state index is 4.88. The lowest BCUT2D eigenvalue weighted by Crippen LogP contribution is -2.51. The Labute approximate surface area is 172 Å². The number of guanidine groups is 1. The maximum atomic E-state index is 4.88. The smallest absolute Gasteiger partial charge is 0.194 e. The van der Waals surface area contributed by atoms with Crippen LogP contribution < -0.4 is 5.32 Å². The molecule has 8 heteroatoms. The van der Waals surface area contributed by atoms with Gasteiger partial charge in [-0.05, 0) is 33.6 Å². The predicted octanol–water partition coefficient (Wildman–Crippen LogP) is 2.92. The zero-order valence-electron chi connectivity index (χ0n) is 15.6. The van der Waals surface area contributed by atoms with E-state index in [2.05, 4.69) is 45.8 Å². The first-order valence-electron chi connectivity index (χ1n) is 9.17. The highest BCUT2D eigenvalue weighted by molar-refractivity contribution is 14.0. The number of hydrogen-bond donors (Lipinski definition) is 1. The number of halogens is 1. The molecule has 0 atom stereocenters. The lowest BCUT2D eigenvalue weighted by Gasteiger charge is -2.39. The highest BCUT2D eigenvalue weighted by Gasteiger charge is 2.28. The average molecular weight is 478 g/mol. The number of aliphatic imine (C=N–C) groups is 1. The van der Waals surface area contributed by atoms with Crippen molar-refractivity contribution in [3.05, 3.63) is 11.6 Å². The fraction of sp³-hybridized carbons (Fsp3) is 0.824. The van der Waals surface area contributed by atoms with Gasteiger partial charge >= 0.3 is 0 Å². The Morgan fingerprint density at radius 1 is 1.24 bits per heavy atom. The third-order valence-corrected chi connectivity index (χ3v) is 5.91. The van der Waals surface area contributed by atoms with Crippen LogP contribution in [0.3, 0.4) is 0 Å². The van der Waals surface area contributed by atoms with Crippen LogP contribution in [-0.2, 0) is 19.5 Å². The molecule has 0 saturated carbocycles. The Morgan fingerprint density at radius 3 is 2.84 bits per heavy atom. The van der Waals surface area contributed by atoms with Crippen molar-refractivity contribution in [1.29, 1.82) is 0 Å². The number of thioether (sulfide) groups is 1. The summed E-state index contributed by atoms with van der Waals surface area (Å²) in [7, 11) is 0. The molecular formula is C17H31IN6S. The molecule has 1 fully saturated rings. The van der Waals surface area contributed by atoms with Gasteiger partial charge in [0.15, 0.2) is 11.8 Å². The Hall–Kier alpha value is -0.510. The molecule has 142 valence electrons. The summed E-state index contributed by atoms with van der Waals surface area (Å²) in [5.74, 6) is 4.31. The van der Waals surface area contributed by atoms with E-state index in [0.717, 1.165) is 56.0 Å². The third-order valence-electron chi connectivity index (χ3n) is 4.62. The van der Waals surface area contributed by atoms with Gasteiger partial charge in [-0.3, -0.25) is 0 Å². The van der Waals surface area contributed by atoms with Crippen LogP contribution in [0.4, 0.5) is 0 Å². The number of nitrogens with one attached hydrogen (secondary N) is 1. The van der Waals surface area contributed by atoms with Gasteiger partial charge in [-0.2, -0.15) is 11.8 Å². The van der Waals surface area contributed by atoms with Crippen molar-refractivity contribution in [3.63, 3.8) is 0 Å². The summed E-state index contributed by atoms with van der Waals surface area (Å²) in [6.07, 6.45) is 4.79. The quantitative estimate of drug-likeness (QED) is 0.412. The van der Waals surface area contributed by atoms with E-state index in [0.29, 0.717) is 6.54 Å². The molecule has 25 heavy (non-hydrogen) atoms. The second-order valence-electron chi connectivity index (χ2n) is 7.19. The molecule has 0 amide bonds. The summed E-state index contributed by atoms with van der Waals surface area (Å²) in [6, 6.07) is 0. The fourth-order valence-corrected chi connectivity index (χ4v) is 4.54. The molecular weight excluding hydrogens is 447 g/mol. The van der Waals surface area contributed by atoms with E-state index in [1.807, 2.05) is 11.8 Å². The van der Waals surface area contributed by atoms with Crippen molar-refractivity contribution < 1.29 is 0 Å². The first-order valence-corrected chi connectivity index (χ1v) is 10.2. The normalized spacial score (nSPS) is 20.4. The largest absolute Gasteiger partial charge is 0.357 e. The Bertz CT molecular complexity index is 586. The molecule has 2 aliphatic heterocycles. The topological polar surface area (TPSA) is 58.3 Å². The van der Waals surface area contributed by atoms with E-state index in [4.69, 9.17) is 4.99 Å². The maximum Gasteiger partial charge on any atom is 0.194 e.